The highest BCUT2D eigenvalue weighted by atomic mass is 32.2. The molecule has 0 aliphatic rings. The third kappa shape index (κ3) is 4.19. The molecule has 21 heavy (non-hydrogen) atoms. The van der Waals surface area contributed by atoms with E-state index in [4.69, 9.17) is 5.41 Å². The highest BCUT2D eigenvalue weighted by Gasteiger charge is 2.08. The van der Waals surface area contributed by atoms with E-state index in [-0.39, 0.29) is 0 Å². The summed E-state index contributed by atoms with van der Waals surface area (Å²) in [6.07, 6.45) is 4.10. The number of thioether (sulfide) groups is 2. The molecule has 0 heterocycles. The predicted molar refractivity (Wildman–Crippen MR) is 96.2 cm³/mol. The van der Waals surface area contributed by atoms with Crippen LogP contribution in [0.2, 0.25) is 0 Å². The summed E-state index contributed by atoms with van der Waals surface area (Å²) in [5.74, 6) is 0.353. The highest BCUT2D eigenvalue weighted by Crippen LogP contribution is 2.23. The van der Waals surface area contributed by atoms with Gasteiger partial charge in [0, 0.05) is 28.2 Å². The van der Waals surface area contributed by atoms with Crippen molar-refractivity contribution in [2.24, 2.45) is 0 Å². The fraction of sp³-hybridized carbons (Fsp3) is 0.188. The Morgan fingerprint density at radius 1 is 1.00 bits per heavy atom. The van der Waals surface area contributed by atoms with Crippen molar-refractivity contribution in [3.63, 3.8) is 0 Å². The molecule has 0 saturated carbocycles. The van der Waals surface area contributed by atoms with Crippen molar-refractivity contribution in [1.82, 2.24) is 0 Å². The first-order chi connectivity index (χ1) is 10.1. The molecule has 0 aliphatic carbocycles. The van der Waals surface area contributed by atoms with Crippen LogP contribution < -0.4 is 10.2 Å². The van der Waals surface area contributed by atoms with E-state index in [1.54, 1.807) is 23.5 Å². The SMILES string of the molecule is CSc1cccc(NC(=N)N(C)c2cccc(SC)c2)c1. The maximum atomic E-state index is 8.23. The van der Waals surface area contributed by atoms with Crippen LogP contribution in [0.15, 0.2) is 58.3 Å². The lowest BCUT2D eigenvalue weighted by Gasteiger charge is -2.21. The molecule has 3 nitrogen and oxygen atoms in total. The second-order valence-electron chi connectivity index (χ2n) is 4.47. The lowest BCUT2D eigenvalue weighted by atomic mass is 10.3. The molecule has 0 saturated heterocycles. The van der Waals surface area contributed by atoms with E-state index in [0.717, 1.165) is 11.4 Å². The summed E-state index contributed by atoms with van der Waals surface area (Å²) in [4.78, 5) is 4.21. The van der Waals surface area contributed by atoms with Crippen LogP contribution in [0.1, 0.15) is 0 Å². The third-order valence-corrected chi connectivity index (χ3v) is 4.56. The van der Waals surface area contributed by atoms with Gasteiger partial charge in [-0.15, -0.1) is 23.5 Å². The Hall–Kier alpha value is -1.59. The number of hydrogen-bond donors (Lipinski definition) is 2. The quantitative estimate of drug-likeness (QED) is 0.490. The Bertz CT molecular complexity index is 628. The topological polar surface area (TPSA) is 39.1 Å². The average molecular weight is 317 g/mol. The van der Waals surface area contributed by atoms with Crippen molar-refractivity contribution in [3.05, 3.63) is 48.5 Å². The molecule has 2 rings (SSSR count). The van der Waals surface area contributed by atoms with E-state index in [1.807, 2.05) is 48.5 Å². The summed E-state index contributed by atoms with van der Waals surface area (Å²) >= 11 is 3.39. The van der Waals surface area contributed by atoms with Crippen LogP contribution in [0.25, 0.3) is 0 Å². The lowest BCUT2D eigenvalue weighted by Crippen LogP contribution is -2.31. The Morgan fingerprint density at radius 3 is 2.29 bits per heavy atom. The molecule has 2 aromatic carbocycles. The van der Waals surface area contributed by atoms with E-state index in [1.165, 1.54) is 9.79 Å². The molecule has 0 atom stereocenters. The molecule has 110 valence electrons. The van der Waals surface area contributed by atoms with Gasteiger partial charge in [0.25, 0.3) is 0 Å². The Balaban J connectivity index is 2.11. The highest BCUT2D eigenvalue weighted by molar-refractivity contribution is 7.98. The van der Waals surface area contributed by atoms with Crippen molar-refractivity contribution in [1.29, 1.82) is 5.41 Å². The van der Waals surface area contributed by atoms with Crippen LogP contribution in [0.5, 0.6) is 0 Å². The third-order valence-electron chi connectivity index (χ3n) is 3.11. The van der Waals surface area contributed by atoms with Crippen molar-refractivity contribution in [2.45, 2.75) is 9.79 Å². The van der Waals surface area contributed by atoms with Crippen molar-refractivity contribution in [3.8, 4) is 0 Å². The number of benzene rings is 2. The minimum Gasteiger partial charge on any atom is -0.326 e. The molecule has 0 aromatic heterocycles. The zero-order valence-electron chi connectivity index (χ0n) is 12.4. The van der Waals surface area contributed by atoms with Gasteiger partial charge in [0.15, 0.2) is 5.96 Å². The minimum absolute atomic E-state index is 0.353. The van der Waals surface area contributed by atoms with E-state index < -0.39 is 0 Å². The van der Waals surface area contributed by atoms with Gasteiger partial charge in [0.1, 0.15) is 0 Å². The number of rotatable bonds is 4. The summed E-state index contributed by atoms with van der Waals surface area (Å²) in [6, 6.07) is 16.3. The molecule has 2 N–H and O–H groups in total. The molecule has 0 amide bonds. The van der Waals surface area contributed by atoms with Gasteiger partial charge < -0.3 is 10.2 Å². The van der Waals surface area contributed by atoms with E-state index >= 15 is 0 Å². The Labute approximate surface area is 134 Å². The van der Waals surface area contributed by atoms with Crippen LogP contribution in [0, 0.1) is 5.41 Å². The second kappa shape index (κ2) is 7.43. The summed E-state index contributed by atoms with van der Waals surface area (Å²) in [5, 5.41) is 11.4. The van der Waals surface area contributed by atoms with Crippen molar-refractivity contribution in [2.75, 3.05) is 29.8 Å². The molecule has 0 fully saturated rings. The second-order valence-corrected chi connectivity index (χ2v) is 6.23. The Kier molecular flexibility index (Phi) is 5.59. The van der Waals surface area contributed by atoms with E-state index in [2.05, 4.69) is 29.8 Å². The zero-order valence-corrected chi connectivity index (χ0v) is 14.0. The smallest absolute Gasteiger partial charge is 0.199 e. The monoisotopic (exact) mass is 317 g/mol. The van der Waals surface area contributed by atoms with Crippen LogP contribution >= 0.6 is 23.5 Å². The molecule has 2 aromatic rings. The first kappa shape index (κ1) is 15.8. The molecule has 0 radical (unpaired) electrons. The summed E-state index contributed by atoms with van der Waals surface area (Å²) in [5.41, 5.74) is 1.93. The van der Waals surface area contributed by atoms with Gasteiger partial charge in [-0.25, -0.2) is 0 Å². The molecule has 0 aliphatic heterocycles. The van der Waals surface area contributed by atoms with Crippen LogP contribution in [-0.2, 0) is 0 Å². The lowest BCUT2D eigenvalue weighted by molar-refractivity contribution is 1.20. The normalized spacial score (nSPS) is 10.2. The number of hydrogen-bond acceptors (Lipinski definition) is 3. The van der Waals surface area contributed by atoms with Gasteiger partial charge in [-0.1, -0.05) is 12.1 Å². The summed E-state index contributed by atoms with van der Waals surface area (Å²) < 4.78 is 0. The fourth-order valence-electron chi connectivity index (χ4n) is 1.87. The number of nitrogens with one attached hydrogen (secondary N) is 2. The number of guanidine groups is 1. The first-order valence-corrected chi connectivity index (χ1v) is 8.96. The van der Waals surface area contributed by atoms with Gasteiger partial charge in [0.2, 0.25) is 0 Å². The average Bonchev–Trinajstić information content (AvgIpc) is 2.54. The molecular formula is C16H19N3S2. The predicted octanol–water partition coefficient (Wildman–Crippen LogP) is 4.61. The number of nitrogens with zero attached hydrogens (tertiary/aromatic N) is 1. The molecule has 0 spiro atoms. The largest absolute Gasteiger partial charge is 0.326 e. The fourth-order valence-corrected chi connectivity index (χ4v) is 2.78. The standard InChI is InChI=1S/C16H19N3S2/c1-19(13-7-5-9-15(11-13)21-3)16(17)18-12-6-4-8-14(10-12)20-2/h4-11H,1-3H3,(H2,17,18). The van der Waals surface area contributed by atoms with Gasteiger partial charge >= 0.3 is 0 Å². The maximum absolute atomic E-state index is 8.23. The van der Waals surface area contributed by atoms with Crippen molar-refractivity contribution >= 4 is 40.9 Å². The van der Waals surface area contributed by atoms with Gasteiger partial charge in [-0.3, -0.25) is 5.41 Å². The first-order valence-electron chi connectivity index (χ1n) is 6.51. The minimum atomic E-state index is 0.353. The molecule has 0 bridgehead atoms. The Morgan fingerprint density at radius 2 is 1.62 bits per heavy atom. The van der Waals surface area contributed by atoms with Gasteiger partial charge in [-0.05, 0) is 48.9 Å². The van der Waals surface area contributed by atoms with Gasteiger partial charge in [-0.2, -0.15) is 0 Å². The molecular weight excluding hydrogens is 298 g/mol. The maximum Gasteiger partial charge on any atom is 0.199 e. The van der Waals surface area contributed by atoms with Crippen LogP contribution in [0.3, 0.4) is 0 Å². The van der Waals surface area contributed by atoms with E-state index in [0.29, 0.717) is 5.96 Å². The van der Waals surface area contributed by atoms with Gasteiger partial charge in [0.05, 0.1) is 0 Å². The van der Waals surface area contributed by atoms with E-state index in [9.17, 15) is 0 Å². The van der Waals surface area contributed by atoms with Crippen LogP contribution in [-0.4, -0.2) is 25.5 Å². The number of anilines is 2. The molecule has 5 heteroatoms. The zero-order chi connectivity index (χ0) is 15.2. The van der Waals surface area contributed by atoms with Crippen molar-refractivity contribution < 1.29 is 0 Å². The summed E-state index contributed by atoms with van der Waals surface area (Å²) in [6.45, 7) is 0. The molecule has 0 unspecified atom stereocenters. The summed E-state index contributed by atoms with van der Waals surface area (Å²) in [7, 11) is 1.90. The van der Waals surface area contributed by atoms with Crippen LogP contribution in [0.4, 0.5) is 11.4 Å².